The molecule has 0 bridgehead atoms. The lowest BCUT2D eigenvalue weighted by molar-refractivity contribution is -0.906. The van der Waals surface area contributed by atoms with E-state index in [0.29, 0.717) is 5.92 Å². The molecule has 2 rings (SSSR count). The molecule has 1 fully saturated rings. The van der Waals surface area contributed by atoms with Crippen LogP contribution >= 0.6 is 0 Å². The molecule has 0 N–H and O–H groups in total. The molecule has 1 aromatic rings. The number of nitriles is 1. The third-order valence-corrected chi connectivity index (χ3v) is 6.36. The number of quaternary nitrogens is 1. The van der Waals surface area contributed by atoms with Gasteiger partial charge in [0, 0.05) is 6.42 Å². The molecule has 1 saturated carbocycles. The average Bonchev–Trinajstić information content (AvgIpc) is 2.64. The summed E-state index contributed by atoms with van der Waals surface area (Å²) in [5, 5.41) is 10.3. The van der Waals surface area contributed by atoms with E-state index in [2.05, 4.69) is 57.3 Å². The SMILES string of the molecule is CC[N+](C)(CC)CCC(C#N)(c1ccccc1)C1CCCCC1.[I-]. The molecule has 1 unspecified atom stereocenters. The van der Waals surface area contributed by atoms with E-state index in [0.717, 1.165) is 30.5 Å². The van der Waals surface area contributed by atoms with Gasteiger partial charge in [0.2, 0.25) is 0 Å². The summed E-state index contributed by atoms with van der Waals surface area (Å²) in [5.41, 5.74) is 0.944. The number of halogens is 1. The molecule has 1 atom stereocenters. The number of nitrogens with zero attached hydrogens (tertiary/aromatic N) is 2. The predicted molar refractivity (Wildman–Crippen MR) is 97.1 cm³/mol. The number of hydrogen-bond acceptors (Lipinski definition) is 1. The Labute approximate surface area is 165 Å². The van der Waals surface area contributed by atoms with Crippen LogP contribution in [-0.2, 0) is 5.41 Å². The van der Waals surface area contributed by atoms with E-state index in [4.69, 9.17) is 0 Å². The summed E-state index contributed by atoms with van der Waals surface area (Å²) in [6.07, 6.45) is 7.32. The normalized spacial score (nSPS) is 18.2. The molecule has 3 heteroatoms. The summed E-state index contributed by atoms with van der Waals surface area (Å²) in [6, 6.07) is 13.4. The standard InChI is InChI=1S/C21H33N2.HI/c1-4-23(3,5-2)17-16-21(18-22,19-12-8-6-9-13-19)20-14-10-7-11-15-20;/h6,8-9,12-13,20H,4-5,7,10-11,14-17H2,1-3H3;1H/q+1;/p-1. The molecule has 0 radical (unpaired) electrons. The van der Waals surface area contributed by atoms with Gasteiger partial charge in [-0.3, -0.25) is 0 Å². The first-order valence-corrected chi connectivity index (χ1v) is 9.40. The van der Waals surface area contributed by atoms with Gasteiger partial charge in [-0.15, -0.1) is 0 Å². The Hall–Kier alpha value is -0.600. The van der Waals surface area contributed by atoms with Crippen molar-refractivity contribution in [3.05, 3.63) is 35.9 Å². The minimum Gasteiger partial charge on any atom is -1.00 e. The fourth-order valence-corrected chi connectivity index (χ4v) is 4.11. The van der Waals surface area contributed by atoms with Crippen molar-refractivity contribution in [2.75, 3.05) is 26.7 Å². The second-order valence-corrected chi connectivity index (χ2v) is 7.51. The molecule has 2 nitrogen and oxygen atoms in total. The first-order chi connectivity index (χ1) is 11.1. The van der Waals surface area contributed by atoms with Crippen molar-refractivity contribution in [3.63, 3.8) is 0 Å². The van der Waals surface area contributed by atoms with E-state index in [1.54, 1.807) is 0 Å². The fourth-order valence-electron chi connectivity index (χ4n) is 4.11. The van der Waals surface area contributed by atoms with Crippen LogP contribution in [0, 0.1) is 17.2 Å². The van der Waals surface area contributed by atoms with Crippen molar-refractivity contribution in [3.8, 4) is 6.07 Å². The molecule has 134 valence electrons. The van der Waals surface area contributed by atoms with Crippen molar-refractivity contribution in [1.82, 2.24) is 0 Å². The highest BCUT2D eigenvalue weighted by Gasteiger charge is 2.42. The second-order valence-electron chi connectivity index (χ2n) is 7.51. The van der Waals surface area contributed by atoms with Crippen LogP contribution in [0.3, 0.4) is 0 Å². The van der Waals surface area contributed by atoms with Crippen molar-refractivity contribution < 1.29 is 28.5 Å². The lowest BCUT2D eigenvalue weighted by Crippen LogP contribution is -3.00. The largest absolute Gasteiger partial charge is 1.00 e. The minimum atomic E-state index is -0.300. The molecule has 0 saturated heterocycles. The molecule has 1 aliphatic rings. The summed E-state index contributed by atoms with van der Waals surface area (Å²) >= 11 is 0. The van der Waals surface area contributed by atoms with E-state index >= 15 is 0 Å². The van der Waals surface area contributed by atoms with Gasteiger partial charge >= 0.3 is 0 Å². The third-order valence-electron chi connectivity index (χ3n) is 6.36. The minimum absolute atomic E-state index is 0. The summed E-state index contributed by atoms with van der Waals surface area (Å²) in [7, 11) is 2.33. The number of benzene rings is 1. The van der Waals surface area contributed by atoms with Gasteiger partial charge in [-0.2, -0.15) is 5.26 Å². The van der Waals surface area contributed by atoms with E-state index in [1.807, 2.05) is 0 Å². The monoisotopic (exact) mass is 440 g/mol. The van der Waals surface area contributed by atoms with Crippen molar-refractivity contribution in [1.29, 1.82) is 5.26 Å². The van der Waals surface area contributed by atoms with Crippen molar-refractivity contribution in [2.24, 2.45) is 5.92 Å². The van der Waals surface area contributed by atoms with Crippen LogP contribution in [0.2, 0.25) is 0 Å². The fraction of sp³-hybridized carbons (Fsp3) is 0.667. The van der Waals surface area contributed by atoms with E-state index < -0.39 is 0 Å². The Morgan fingerprint density at radius 2 is 1.67 bits per heavy atom. The highest BCUT2D eigenvalue weighted by molar-refractivity contribution is 5.34. The van der Waals surface area contributed by atoms with Gasteiger partial charge in [-0.1, -0.05) is 49.6 Å². The molecule has 0 heterocycles. The zero-order chi connectivity index (χ0) is 16.8. The van der Waals surface area contributed by atoms with Gasteiger partial charge < -0.3 is 28.5 Å². The molecular weight excluding hydrogens is 407 g/mol. The quantitative estimate of drug-likeness (QED) is 0.470. The Bertz CT molecular complexity index is 512. The van der Waals surface area contributed by atoms with Gasteiger partial charge in [0.25, 0.3) is 0 Å². The zero-order valence-corrected chi connectivity index (χ0v) is 17.8. The van der Waals surface area contributed by atoms with Crippen LogP contribution in [0.4, 0.5) is 0 Å². The van der Waals surface area contributed by atoms with Crippen LogP contribution < -0.4 is 24.0 Å². The van der Waals surface area contributed by atoms with Crippen LogP contribution in [0.5, 0.6) is 0 Å². The molecule has 0 aliphatic heterocycles. The van der Waals surface area contributed by atoms with Gasteiger partial charge in [-0.25, -0.2) is 0 Å². The second kappa shape index (κ2) is 9.77. The van der Waals surface area contributed by atoms with E-state index in [9.17, 15) is 5.26 Å². The van der Waals surface area contributed by atoms with Gasteiger partial charge in [0.15, 0.2) is 0 Å². The van der Waals surface area contributed by atoms with Crippen LogP contribution in [0.1, 0.15) is 57.9 Å². The zero-order valence-electron chi connectivity index (χ0n) is 15.6. The highest BCUT2D eigenvalue weighted by Crippen LogP contribution is 2.43. The summed E-state index contributed by atoms with van der Waals surface area (Å²) in [4.78, 5) is 0. The van der Waals surface area contributed by atoms with Gasteiger partial charge in [0.1, 0.15) is 0 Å². The van der Waals surface area contributed by atoms with Crippen LogP contribution in [0.25, 0.3) is 0 Å². The molecule has 1 aliphatic carbocycles. The molecule has 0 amide bonds. The maximum absolute atomic E-state index is 10.3. The number of rotatable bonds is 7. The van der Waals surface area contributed by atoms with Crippen molar-refractivity contribution >= 4 is 0 Å². The molecule has 0 spiro atoms. The smallest absolute Gasteiger partial charge is 0.0903 e. The predicted octanol–water partition coefficient (Wildman–Crippen LogP) is 1.91. The van der Waals surface area contributed by atoms with Crippen molar-refractivity contribution in [2.45, 2.75) is 57.8 Å². The van der Waals surface area contributed by atoms with Crippen LogP contribution in [0.15, 0.2) is 30.3 Å². The lowest BCUT2D eigenvalue weighted by atomic mass is 9.64. The van der Waals surface area contributed by atoms with Crippen LogP contribution in [-0.4, -0.2) is 31.2 Å². The molecule has 24 heavy (non-hydrogen) atoms. The number of hydrogen-bond donors (Lipinski definition) is 0. The topological polar surface area (TPSA) is 23.8 Å². The molecule has 1 aromatic carbocycles. The Balaban J connectivity index is 0.00000288. The third kappa shape index (κ3) is 4.73. The Morgan fingerprint density at radius 1 is 1.08 bits per heavy atom. The average molecular weight is 440 g/mol. The lowest BCUT2D eigenvalue weighted by Gasteiger charge is -2.41. The van der Waals surface area contributed by atoms with Gasteiger partial charge in [-0.05, 0) is 38.2 Å². The maximum Gasteiger partial charge on any atom is 0.0903 e. The van der Waals surface area contributed by atoms with Gasteiger partial charge in [0.05, 0.1) is 38.2 Å². The Kier molecular flexibility index (Phi) is 8.73. The summed E-state index contributed by atoms with van der Waals surface area (Å²) in [5.74, 6) is 0.519. The van der Waals surface area contributed by atoms with E-state index in [-0.39, 0.29) is 29.4 Å². The molecular formula is C21H33IN2. The highest BCUT2D eigenvalue weighted by atomic mass is 127. The van der Waals surface area contributed by atoms with E-state index in [1.165, 1.54) is 37.7 Å². The summed E-state index contributed by atoms with van der Waals surface area (Å²) < 4.78 is 1.06. The Morgan fingerprint density at radius 3 is 2.17 bits per heavy atom. The summed E-state index contributed by atoms with van der Waals surface area (Å²) in [6.45, 7) is 7.89. The maximum atomic E-state index is 10.3. The molecule has 0 aromatic heterocycles. The first-order valence-electron chi connectivity index (χ1n) is 9.40. The first kappa shape index (κ1) is 21.4.